The summed E-state index contributed by atoms with van der Waals surface area (Å²) >= 11 is 0. The molecule has 0 bridgehead atoms. The van der Waals surface area contributed by atoms with Crippen molar-refractivity contribution in [2.75, 3.05) is 5.32 Å². The number of carboxylic acid groups (broad SMARTS) is 1. The molecule has 11 heteroatoms. The molecule has 0 fully saturated rings. The number of carboxylic acids is 1. The van der Waals surface area contributed by atoms with Crippen LogP contribution in [0.3, 0.4) is 0 Å². The summed E-state index contributed by atoms with van der Waals surface area (Å²) < 4.78 is 64.2. The molecular weight excluding hydrogens is 413 g/mol. The van der Waals surface area contributed by atoms with E-state index in [0.29, 0.717) is 11.3 Å². The largest absolute Gasteiger partial charge is 0.548 e. The average Bonchev–Trinajstić information content (AvgIpc) is 2.65. The smallest absolute Gasteiger partial charge is 0.534 e. The fourth-order valence-corrected chi connectivity index (χ4v) is 2.88. The van der Waals surface area contributed by atoms with Crippen LogP contribution < -0.4 is 14.6 Å². The second kappa shape index (κ2) is 8.40. The number of carbonyl (C=O) groups excluding carboxylic acids is 1. The molecule has 1 atom stereocenters. The van der Waals surface area contributed by atoms with E-state index in [9.17, 15) is 31.5 Å². The zero-order valence-electron chi connectivity index (χ0n) is 14.9. The number of nitrogens with zero attached hydrogens (tertiary/aromatic N) is 1. The van der Waals surface area contributed by atoms with Crippen molar-refractivity contribution in [1.29, 1.82) is 5.26 Å². The topological polar surface area (TPSA) is 119 Å². The number of aliphatic carboxylic acids is 1. The van der Waals surface area contributed by atoms with Gasteiger partial charge in [0.2, 0.25) is 0 Å². The molecule has 0 aliphatic rings. The monoisotopic (exact) mass is 427 g/mol. The second-order valence-electron chi connectivity index (χ2n) is 5.79. The van der Waals surface area contributed by atoms with Gasteiger partial charge in [0.05, 0.1) is 23.6 Å². The Morgan fingerprint density at radius 2 is 1.86 bits per heavy atom. The van der Waals surface area contributed by atoms with Crippen LogP contribution in [0.5, 0.6) is 5.75 Å². The van der Waals surface area contributed by atoms with E-state index in [0.717, 1.165) is 12.1 Å². The number of halogens is 3. The number of anilines is 1. The van der Waals surface area contributed by atoms with Gasteiger partial charge in [-0.25, -0.2) is 0 Å². The molecule has 0 amide bonds. The van der Waals surface area contributed by atoms with E-state index in [1.165, 1.54) is 37.3 Å². The number of alkyl halides is 3. The maximum Gasteiger partial charge on any atom is 0.534 e. The van der Waals surface area contributed by atoms with Gasteiger partial charge in [-0.3, -0.25) is 0 Å². The highest BCUT2D eigenvalue weighted by molar-refractivity contribution is 7.88. The van der Waals surface area contributed by atoms with Crippen LogP contribution in [0.2, 0.25) is 0 Å². The number of nitriles is 1. The molecule has 2 aromatic carbocycles. The fourth-order valence-electron chi connectivity index (χ4n) is 2.39. The maximum absolute atomic E-state index is 12.5. The van der Waals surface area contributed by atoms with Crippen molar-refractivity contribution in [2.45, 2.75) is 24.9 Å². The molecule has 0 aliphatic carbocycles. The Bertz CT molecular complexity index is 1040. The molecule has 154 valence electrons. The van der Waals surface area contributed by atoms with Crippen LogP contribution in [-0.4, -0.2) is 19.9 Å². The number of hydrogen-bond donors (Lipinski definition) is 1. The quantitative estimate of drug-likeness (QED) is 0.532. The molecule has 29 heavy (non-hydrogen) atoms. The van der Waals surface area contributed by atoms with Crippen molar-refractivity contribution in [3.05, 3.63) is 59.2 Å². The Morgan fingerprint density at radius 3 is 2.34 bits per heavy atom. The number of rotatable bonds is 7. The van der Waals surface area contributed by atoms with Crippen LogP contribution in [-0.2, 0) is 21.3 Å². The van der Waals surface area contributed by atoms with E-state index >= 15 is 0 Å². The molecular formula is C18H14F3N2O5S-. The Morgan fingerprint density at radius 1 is 1.24 bits per heavy atom. The van der Waals surface area contributed by atoms with Crippen LogP contribution in [0.1, 0.15) is 29.7 Å². The number of hydrogen-bond acceptors (Lipinski definition) is 7. The number of nitrogens with one attached hydrogen (secondary N) is 1. The molecule has 1 unspecified atom stereocenters. The third-order valence-corrected chi connectivity index (χ3v) is 4.81. The first-order valence-electron chi connectivity index (χ1n) is 8.09. The first kappa shape index (κ1) is 22.0. The summed E-state index contributed by atoms with van der Waals surface area (Å²) in [6.45, 7) is 1.54. The lowest BCUT2D eigenvalue weighted by molar-refractivity contribution is -0.307. The van der Waals surface area contributed by atoms with Crippen LogP contribution in [0, 0.1) is 11.3 Å². The van der Waals surface area contributed by atoms with Gasteiger partial charge in [-0.1, -0.05) is 13.0 Å². The molecule has 2 rings (SSSR count). The van der Waals surface area contributed by atoms with Crippen molar-refractivity contribution in [2.24, 2.45) is 0 Å². The minimum atomic E-state index is -5.86. The van der Waals surface area contributed by atoms with Crippen molar-refractivity contribution >= 4 is 21.8 Å². The SMILES string of the molecule is CCc1cc(C(Nc2ccc(C#N)cc2)C(=O)[O-])ccc1OS(=O)(=O)C(F)(F)F. The van der Waals surface area contributed by atoms with Crippen LogP contribution in [0.25, 0.3) is 0 Å². The fraction of sp³-hybridized carbons (Fsp3) is 0.222. The second-order valence-corrected chi connectivity index (χ2v) is 7.33. The van der Waals surface area contributed by atoms with Gasteiger partial charge in [0.1, 0.15) is 5.75 Å². The van der Waals surface area contributed by atoms with Gasteiger partial charge in [-0.2, -0.15) is 26.9 Å². The van der Waals surface area contributed by atoms with Gasteiger partial charge in [0.25, 0.3) is 0 Å². The van der Waals surface area contributed by atoms with Crippen LogP contribution in [0.4, 0.5) is 18.9 Å². The molecule has 0 aromatic heterocycles. The first-order valence-corrected chi connectivity index (χ1v) is 9.50. The lowest BCUT2D eigenvalue weighted by atomic mass is 10.0. The third-order valence-electron chi connectivity index (χ3n) is 3.84. The van der Waals surface area contributed by atoms with E-state index < -0.39 is 33.4 Å². The highest BCUT2D eigenvalue weighted by Gasteiger charge is 2.48. The number of benzene rings is 2. The molecule has 0 saturated heterocycles. The minimum Gasteiger partial charge on any atom is -0.548 e. The summed E-state index contributed by atoms with van der Waals surface area (Å²) in [5, 5.41) is 23.0. The van der Waals surface area contributed by atoms with E-state index in [2.05, 4.69) is 9.50 Å². The molecule has 2 aromatic rings. The highest BCUT2D eigenvalue weighted by Crippen LogP contribution is 2.31. The molecule has 1 N–H and O–H groups in total. The van der Waals surface area contributed by atoms with Crippen LogP contribution >= 0.6 is 0 Å². The van der Waals surface area contributed by atoms with Crippen molar-refractivity contribution < 1.29 is 35.7 Å². The molecule has 7 nitrogen and oxygen atoms in total. The predicted molar refractivity (Wildman–Crippen MR) is 94.0 cm³/mol. The highest BCUT2D eigenvalue weighted by atomic mass is 32.2. The normalized spacial score (nSPS) is 12.7. The van der Waals surface area contributed by atoms with E-state index in [4.69, 9.17) is 5.26 Å². The Balaban J connectivity index is 2.36. The Kier molecular flexibility index (Phi) is 6.38. The van der Waals surface area contributed by atoms with E-state index in [-0.39, 0.29) is 17.5 Å². The minimum absolute atomic E-state index is 0.0585. The Hall–Kier alpha value is -3.26. The Labute approximate surface area is 164 Å². The summed E-state index contributed by atoms with van der Waals surface area (Å²) in [5.41, 5.74) is -4.70. The lowest BCUT2D eigenvalue weighted by Crippen LogP contribution is -2.34. The van der Waals surface area contributed by atoms with Gasteiger partial charge in [0.15, 0.2) is 0 Å². The molecule has 0 spiro atoms. The van der Waals surface area contributed by atoms with Gasteiger partial charge >= 0.3 is 15.6 Å². The molecule has 0 aliphatic heterocycles. The summed E-state index contributed by atoms with van der Waals surface area (Å²) in [5.74, 6) is -2.07. The number of carbonyl (C=O) groups is 1. The van der Waals surface area contributed by atoms with E-state index in [1.54, 1.807) is 0 Å². The summed E-state index contributed by atoms with van der Waals surface area (Å²) in [6.07, 6.45) is 0.0766. The number of aryl methyl sites for hydroxylation is 1. The zero-order chi connectivity index (χ0) is 21.8. The zero-order valence-corrected chi connectivity index (χ0v) is 15.7. The first-order chi connectivity index (χ1) is 13.5. The maximum atomic E-state index is 12.5. The standard InChI is InChI=1S/C18H15F3N2O5S/c1-2-12-9-13(5-8-15(12)28-29(26,27)18(19,20)21)16(17(24)25)23-14-6-3-11(10-22)4-7-14/h3-9,16,23H,2H2,1H3,(H,24,25)/p-1. The van der Waals surface area contributed by atoms with Crippen molar-refractivity contribution in [3.63, 3.8) is 0 Å². The molecule has 0 saturated carbocycles. The summed E-state index contributed by atoms with van der Waals surface area (Å²) in [4.78, 5) is 11.6. The van der Waals surface area contributed by atoms with Gasteiger partial charge < -0.3 is 19.4 Å². The van der Waals surface area contributed by atoms with Crippen molar-refractivity contribution in [3.8, 4) is 11.8 Å². The predicted octanol–water partition coefficient (Wildman–Crippen LogP) is 2.25. The molecule has 0 heterocycles. The lowest BCUT2D eigenvalue weighted by Gasteiger charge is -2.23. The van der Waals surface area contributed by atoms with E-state index in [1.807, 2.05) is 6.07 Å². The van der Waals surface area contributed by atoms with Gasteiger partial charge in [-0.05, 0) is 53.9 Å². The average molecular weight is 427 g/mol. The van der Waals surface area contributed by atoms with Crippen molar-refractivity contribution in [1.82, 2.24) is 0 Å². The summed E-state index contributed by atoms with van der Waals surface area (Å²) in [7, 11) is -5.86. The third kappa shape index (κ3) is 5.17. The van der Waals surface area contributed by atoms with Crippen LogP contribution in [0.15, 0.2) is 42.5 Å². The van der Waals surface area contributed by atoms with Gasteiger partial charge in [0, 0.05) is 5.69 Å². The van der Waals surface area contributed by atoms with Gasteiger partial charge in [-0.15, -0.1) is 0 Å². The summed E-state index contributed by atoms with van der Waals surface area (Å²) in [6, 6.07) is 9.70. The molecule has 0 radical (unpaired) electrons.